The van der Waals surface area contributed by atoms with Crippen molar-refractivity contribution in [1.29, 1.82) is 0 Å². The first-order valence-corrected chi connectivity index (χ1v) is 6.93. The molecule has 0 amide bonds. The van der Waals surface area contributed by atoms with Crippen LogP contribution in [0.5, 0.6) is 0 Å². The average molecular weight is 260 g/mol. The fourth-order valence-corrected chi connectivity index (χ4v) is 2.78. The van der Waals surface area contributed by atoms with Crippen molar-refractivity contribution in [2.24, 2.45) is 5.92 Å². The van der Waals surface area contributed by atoms with Gasteiger partial charge in [-0.05, 0) is 18.4 Å². The molecule has 0 N–H and O–H groups in total. The predicted octanol–water partition coefficient (Wildman–Crippen LogP) is 3.63. The second-order valence-electron chi connectivity index (χ2n) is 5.15. The van der Waals surface area contributed by atoms with Gasteiger partial charge < -0.3 is 4.74 Å². The van der Waals surface area contributed by atoms with Gasteiger partial charge in [0.05, 0.1) is 12.7 Å². The van der Waals surface area contributed by atoms with Crippen molar-refractivity contribution in [3.63, 3.8) is 0 Å². The number of methoxy groups -OCH3 is 1. The number of carbonyl (C=O) groups excluding carboxylic acids is 2. The van der Waals surface area contributed by atoms with Crippen molar-refractivity contribution in [3.05, 3.63) is 35.4 Å². The summed E-state index contributed by atoms with van der Waals surface area (Å²) in [5.74, 6) is 0.298. The predicted molar refractivity (Wildman–Crippen MR) is 73.3 cm³/mol. The number of hydrogen-bond donors (Lipinski definition) is 0. The van der Waals surface area contributed by atoms with Crippen LogP contribution in [0.4, 0.5) is 0 Å². The molecule has 0 spiro atoms. The van der Waals surface area contributed by atoms with Crippen molar-refractivity contribution in [2.75, 3.05) is 7.11 Å². The molecule has 0 unspecified atom stereocenters. The van der Waals surface area contributed by atoms with E-state index in [0.29, 0.717) is 23.5 Å². The maximum absolute atomic E-state index is 12.2. The Balaban J connectivity index is 2.03. The molecular weight excluding hydrogens is 240 g/mol. The third-order valence-corrected chi connectivity index (χ3v) is 3.89. The Morgan fingerprint density at radius 3 is 2.42 bits per heavy atom. The second-order valence-corrected chi connectivity index (χ2v) is 5.15. The van der Waals surface area contributed by atoms with E-state index in [1.54, 1.807) is 24.3 Å². The van der Waals surface area contributed by atoms with Crippen LogP contribution in [-0.2, 0) is 4.74 Å². The molecule has 1 aromatic carbocycles. The van der Waals surface area contributed by atoms with Gasteiger partial charge in [0.25, 0.3) is 0 Å². The summed E-state index contributed by atoms with van der Waals surface area (Å²) in [6.07, 6.45) is 6.53. The summed E-state index contributed by atoms with van der Waals surface area (Å²) in [5.41, 5.74) is 0.869. The molecule has 1 fully saturated rings. The molecule has 0 atom stereocenters. The smallest absolute Gasteiger partial charge is 0.338 e. The summed E-state index contributed by atoms with van der Waals surface area (Å²) >= 11 is 0. The number of ketones is 1. The number of carbonyl (C=O) groups is 2. The zero-order chi connectivity index (χ0) is 13.7. The highest BCUT2D eigenvalue weighted by Crippen LogP contribution is 2.29. The highest BCUT2D eigenvalue weighted by atomic mass is 16.5. The van der Waals surface area contributed by atoms with Crippen LogP contribution in [0.2, 0.25) is 0 Å². The molecule has 102 valence electrons. The molecular formula is C16H20O3. The minimum atomic E-state index is -0.440. The Kier molecular flexibility index (Phi) is 4.72. The van der Waals surface area contributed by atoms with E-state index in [0.717, 1.165) is 6.42 Å². The number of rotatable bonds is 5. The van der Waals surface area contributed by atoms with Crippen molar-refractivity contribution in [1.82, 2.24) is 0 Å². The van der Waals surface area contributed by atoms with E-state index in [4.69, 9.17) is 4.74 Å². The number of ether oxygens (including phenoxy) is 1. The van der Waals surface area contributed by atoms with Gasteiger partial charge in [-0.2, -0.15) is 0 Å². The van der Waals surface area contributed by atoms with Gasteiger partial charge in [0.1, 0.15) is 0 Å². The molecule has 0 aliphatic heterocycles. The van der Waals surface area contributed by atoms with Crippen LogP contribution >= 0.6 is 0 Å². The third kappa shape index (κ3) is 3.43. The highest BCUT2D eigenvalue weighted by Gasteiger charge is 2.20. The lowest BCUT2D eigenvalue weighted by Gasteiger charge is -2.09. The number of esters is 1. The van der Waals surface area contributed by atoms with Gasteiger partial charge in [-0.15, -0.1) is 0 Å². The summed E-state index contributed by atoms with van der Waals surface area (Å²) in [5, 5.41) is 0. The average Bonchev–Trinajstić information content (AvgIpc) is 2.97. The topological polar surface area (TPSA) is 43.4 Å². The van der Waals surface area contributed by atoms with E-state index in [1.165, 1.54) is 32.8 Å². The third-order valence-electron chi connectivity index (χ3n) is 3.89. The Bertz CT molecular complexity index is 459. The van der Waals surface area contributed by atoms with E-state index in [-0.39, 0.29) is 5.78 Å². The van der Waals surface area contributed by atoms with Crippen molar-refractivity contribution >= 4 is 11.8 Å². The van der Waals surface area contributed by atoms with Gasteiger partial charge in [-0.25, -0.2) is 4.79 Å². The molecule has 1 saturated carbocycles. The Hall–Kier alpha value is -1.64. The van der Waals surface area contributed by atoms with Gasteiger partial charge in [-0.3, -0.25) is 4.79 Å². The summed E-state index contributed by atoms with van der Waals surface area (Å²) in [7, 11) is 1.34. The van der Waals surface area contributed by atoms with Gasteiger partial charge in [0, 0.05) is 12.0 Å². The fourth-order valence-electron chi connectivity index (χ4n) is 2.78. The summed E-state index contributed by atoms with van der Waals surface area (Å²) < 4.78 is 4.71. The molecule has 0 radical (unpaired) electrons. The van der Waals surface area contributed by atoms with Gasteiger partial charge >= 0.3 is 5.97 Å². The lowest BCUT2D eigenvalue weighted by molar-refractivity contribution is 0.0596. The quantitative estimate of drug-likeness (QED) is 0.600. The highest BCUT2D eigenvalue weighted by molar-refractivity contribution is 6.06. The maximum atomic E-state index is 12.2. The molecule has 1 aliphatic rings. The molecule has 2 rings (SSSR count). The summed E-state index contributed by atoms with van der Waals surface area (Å²) in [6.45, 7) is 0. The Morgan fingerprint density at radius 2 is 1.79 bits per heavy atom. The molecule has 19 heavy (non-hydrogen) atoms. The number of Topliss-reactive ketones (excluding diaryl/α,β-unsaturated/α-hetero) is 1. The van der Waals surface area contributed by atoms with Crippen LogP contribution in [0.15, 0.2) is 24.3 Å². The lowest BCUT2D eigenvalue weighted by atomic mass is 9.95. The molecule has 0 saturated heterocycles. The SMILES string of the molecule is COC(=O)c1ccccc1C(=O)CCC1CCCC1. The molecule has 0 aromatic heterocycles. The van der Waals surface area contributed by atoms with Crippen LogP contribution in [0.25, 0.3) is 0 Å². The largest absolute Gasteiger partial charge is 0.465 e. The van der Waals surface area contributed by atoms with E-state index >= 15 is 0 Å². The zero-order valence-electron chi connectivity index (χ0n) is 11.4. The monoisotopic (exact) mass is 260 g/mol. The summed E-state index contributed by atoms with van der Waals surface area (Å²) in [6, 6.07) is 6.90. The minimum Gasteiger partial charge on any atom is -0.465 e. The van der Waals surface area contributed by atoms with Gasteiger partial charge in [0.2, 0.25) is 0 Å². The number of benzene rings is 1. The van der Waals surface area contributed by atoms with E-state index in [2.05, 4.69) is 0 Å². The van der Waals surface area contributed by atoms with E-state index in [1.807, 2.05) is 0 Å². The Labute approximate surface area is 114 Å². The molecule has 0 heterocycles. The normalized spacial score (nSPS) is 15.4. The molecule has 0 bridgehead atoms. The standard InChI is InChI=1S/C16H20O3/c1-19-16(18)14-9-5-4-8-13(14)15(17)11-10-12-6-2-3-7-12/h4-5,8-9,12H,2-3,6-7,10-11H2,1H3. The lowest BCUT2D eigenvalue weighted by Crippen LogP contribution is -2.11. The minimum absolute atomic E-state index is 0.0490. The molecule has 1 aliphatic carbocycles. The first-order chi connectivity index (χ1) is 9.22. The fraction of sp³-hybridized carbons (Fsp3) is 0.500. The van der Waals surface area contributed by atoms with Gasteiger partial charge in [-0.1, -0.05) is 43.9 Å². The van der Waals surface area contributed by atoms with Gasteiger partial charge in [0.15, 0.2) is 5.78 Å². The first kappa shape index (κ1) is 13.8. The van der Waals surface area contributed by atoms with Crippen molar-refractivity contribution in [3.8, 4) is 0 Å². The van der Waals surface area contributed by atoms with Crippen LogP contribution < -0.4 is 0 Å². The number of hydrogen-bond acceptors (Lipinski definition) is 3. The van der Waals surface area contributed by atoms with Crippen LogP contribution in [0.1, 0.15) is 59.2 Å². The van der Waals surface area contributed by atoms with Crippen LogP contribution in [0.3, 0.4) is 0 Å². The Morgan fingerprint density at radius 1 is 1.16 bits per heavy atom. The zero-order valence-corrected chi connectivity index (χ0v) is 11.4. The van der Waals surface area contributed by atoms with E-state index < -0.39 is 5.97 Å². The molecule has 3 heteroatoms. The maximum Gasteiger partial charge on any atom is 0.338 e. The van der Waals surface area contributed by atoms with E-state index in [9.17, 15) is 9.59 Å². The molecule has 1 aromatic rings. The van der Waals surface area contributed by atoms with Crippen molar-refractivity contribution in [2.45, 2.75) is 38.5 Å². The van der Waals surface area contributed by atoms with Crippen molar-refractivity contribution < 1.29 is 14.3 Å². The van der Waals surface area contributed by atoms with Crippen LogP contribution in [-0.4, -0.2) is 18.9 Å². The summed E-state index contributed by atoms with van der Waals surface area (Å²) in [4.78, 5) is 23.9. The second kappa shape index (κ2) is 6.50. The first-order valence-electron chi connectivity index (χ1n) is 6.93. The molecule has 3 nitrogen and oxygen atoms in total. The van der Waals surface area contributed by atoms with Crippen LogP contribution in [0, 0.1) is 5.92 Å².